The second-order valence-corrected chi connectivity index (χ2v) is 6.17. The van der Waals surface area contributed by atoms with Gasteiger partial charge in [-0.2, -0.15) is 0 Å². The lowest BCUT2D eigenvalue weighted by molar-refractivity contribution is -0.154. The quantitative estimate of drug-likeness (QED) is 0.646. The standard InChI is InChI=1S/C18H25NO4/c1-13(18(22)19-15-6-4-2-3-5-7-15)23-17(21)12-14-8-10-16(20)11-9-14/h8-11,13,15,20H,2-7,12H2,1H3,(H,19,22)/t13-/m1/s1. The summed E-state index contributed by atoms with van der Waals surface area (Å²) in [4.78, 5) is 24.0. The van der Waals surface area contributed by atoms with Gasteiger partial charge < -0.3 is 15.2 Å². The van der Waals surface area contributed by atoms with Crippen molar-refractivity contribution < 1.29 is 19.4 Å². The molecule has 0 radical (unpaired) electrons. The number of hydrogen-bond acceptors (Lipinski definition) is 4. The highest BCUT2D eigenvalue weighted by Gasteiger charge is 2.21. The molecular formula is C18H25NO4. The predicted octanol–water partition coefficient (Wildman–Crippen LogP) is 2.71. The minimum Gasteiger partial charge on any atom is -0.508 e. The van der Waals surface area contributed by atoms with Crippen LogP contribution in [0.15, 0.2) is 24.3 Å². The van der Waals surface area contributed by atoms with Crippen molar-refractivity contribution in [2.45, 2.75) is 64.0 Å². The van der Waals surface area contributed by atoms with E-state index in [2.05, 4.69) is 5.32 Å². The molecule has 5 nitrogen and oxygen atoms in total. The Hall–Kier alpha value is -2.04. The van der Waals surface area contributed by atoms with Gasteiger partial charge in [0.25, 0.3) is 5.91 Å². The van der Waals surface area contributed by atoms with Gasteiger partial charge in [0, 0.05) is 6.04 Å². The third kappa shape index (κ3) is 5.93. The first kappa shape index (κ1) is 17.3. The Labute approximate surface area is 137 Å². The number of esters is 1. The molecule has 0 spiro atoms. The van der Waals surface area contributed by atoms with Gasteiger partial charge >= 0.3 is 5.97 Å². The molecule has 5 heteroatoms. The van der Waals surface area contributed by atoms with E-state index in [9.17, 15) is 14.7 Å². The van der Waals surface area contributed by atoms with Crippen molar-refractivity contribution in [3.8, 4) is 5.75 Å². The van der Waals surface area contributed by atoms with E-state index in [1.54, 1.807) is 19.1 Å². The Morgan fingerprint density at radius 3 is 2.39 bits per heavy atom. The van der Waals surface area contributed by atoms with Crippen LogP contribution in [-0.4, -0.2) is 29.1 Å². The minimum atomic E-state index is -0.789. The smallest absolute Gasteiger partial charge is 0.311 e. The topological polar surface area (TPSA) is 75.6 Å². The number of carbonyl (C=O) groups excluding carboxylic acids is 2. The molecule has 0 unspecified atom stereocenters. The first-order chi connectivity index (χ1) is 11.0. The zero-order chi connectivity index (χ0) is 16.7. The van der Waals surface area contributed by atoms with E-state index in [0.717, 1.165) is 31.2 Å². The second-order valence-electron chi connectivity index (χ2n) is 6.17. The van der Waals surface area contributed by atoms with Gasteiger partial charge in [-0.1, -0.05) is 37.8 Å². The summed E-state index contributed by atoms with van der Waals surface area (Å²) >= 11 is 0. The van der Waals surface area contributed by atoms with Gasteiger partial charge in [0.15, 0.2) is 6.10 Å². The second kappa shape index (κ2) is 8.56. The summed E-state index contributed by atoms with van der Waals surface area (Å²) in [5.74, 6) is -0.520. The monoisotopic (exact) mass is 319 g/mol. The Morgan fingerprint density at radius 1 is 1.17 bits per heavy atom. The SMILES string of the molecule is C[C@@H](OC(=O)Cc1ccc(O)cc1)C(=O)NC1CCCCCC1. The highest BCUT2D eigenvalue weighted by Crippen LogP contribution is 2.17. The number of phenols is 1. The highest BCUT2D eigenvalue weighted by molar-refractivity contribution is 5.84. The van der Waals surface area contributed by atoms with Crippen LogP contribution < -0.4 is 5.32 Å². The summed E-state index contributed by atoms with van der Waals surface area (Å²) in [6.45, 7) is 1.60. The Bertz CT molecular complexity index is 518. The molecule has 23 heavy (non-hydrogen) atoms. The average molecular weight is 319 g/mol. The van der Waals surface area contributed by atoms with Gasteiger partial charge in [-0.05, 0) is 37.5 Å². The minimum absolute atomic E-state index is 0.0847. The van der Waals surface area contributed by atoms with Crippen LogP contribution in [0.4, 0.5) is 0 Å². The van der Waals surface area contributed by atoms with Gasteiger partial charge in [0.2, 0.25) is 0 Å². The number of benzene rings is 1. The molecule has 1 aliphatic rings. The number of hydrogen-bond donors (Lipinski definition) is 2. The normalized spacial score (nSPS) is 17.1. The van der Waals surface area contributed by atoms with Crippen LogP contribution in [0, 0.1) is 0 Å². The Morgan fingerprint density at radius 2 is 1.78 bits per heavy atom. The van der Waals surface area contributed by atoms with Gasteiger partial charge in [-0.25, -0.2) is 0 Å². The summed E-state index contributed by atoms with van der Waals surface area (Å²) in [5, 5.41) is 12.2. The number of nitrogens with one attached hydrogen (secondary N) is 1. The lowest BCUT2D eigenvalue weighted by Gasteiger charge is -2.19. The number of rotatable bonds is 5. The van der Waals surface area contributed by atoms with E-state index < -0.39 is 12.1 Å². The van der Waals surface area contributed by atoms with Crippen LogP contribution in [0.2, 0.25) is 0 Å². The molecule has 0 saturated heterocycles. The van der Waals surface area contributed by atoms with Crippen LogP contribution in [0.5, 0.6) is 5.75 Å². The first-order valence-electron chi connectivity index (χ1n) is 8.32. The number of amides is 1. The fourth-order valence-corrected chi connectivity index (χ4v) is 2.82. The van der Waals surface area contributed by atoms with E-state index in [0.29, 0.717) is 0 Å². The van der Waals surface area contributed by atoms with E-state index >= 15 is 0 Å². The Balaban J connectivity index is 1.77. The summed E-state index contributed by atoms with van der Waals surface area (Å²) in [6, 6.07) is 6.55. The molecule has 1 aliphatic carbocycles. The first-order valence-corrected chi connectivity index (χ1v) is 8.32. The maximum absolute atomic E-state index is 12.1. The van der Waals surface area contributed by atoms with Gasteiger partial charge in [-0.15, -0.1) is 0 Å². The molecule has 1 fully saturated rings. The number of aromatic hydroxyl groups is 1. The molecule has 1 aromatic rings. The molecular weight excluding hydrogens is 294 g/mol. The summed E-state index contributed by atoms with van der Waals surface area (Å²) in [6.07, 6.45) is 6.02. The zero-order valence-electron chi connectivity index (χ0n) is 13.6. The summed E-state index contributed by atoms with van der Waals surface area (Å²) < 4.78 is 5.21. The van der Waals surface area contributed by atoms with Gasteiger partial charge in [0.05, 0.1) is 6.42 Å². The molecule has 0 heterocycles. The van der Waals surface area contributed by atoms with E-state index in [1.165, 1.54) is 25.0 Å². The fraction of sp³-hybridized carbons (Fsp3) is 0.556. The molecule has 126 valence electrons. The molecule has 2 N–H and O–H groups in total. The van der Waals surface area contributed by atoms with Crippen molar-refractivity contribution in [3.05, 3.63) is 29.8 Å². The third-order valence-corrected chi connectivity index (χ3v) is 4.16. The summed E-state index contributed by atoms with van der Waals surface area (Å²) in [5.41, 5.74) is 0.740. The van der Waals surface area contributed by atoms with Crippen LogP contribution >= 0.6 is 0 Å². The van der Waals surface area contributed by atoms with Crippen LogP contribution in [0.25, 0.3) is 0 Å². The highest BCUT2D eigenvalue weighted by atomic mass is 16.5. The Kier molecular flexibility index (Phi) is 6.44. The fourth-order valence-electron chi connectivity index (χ4n) is 2.82. The summed E-state index contributed by atoms with van der Waals surface area (Å²) in [7, 11) is 0. The molecule has 1 atom stereocenters. The van der Waals surface area contributed by atoms with Crippen molar-refractivity contribution >= 4 is 11.9 Å². The molecule has 0 aromatic heterocycles. The molecule has 0 aliphatic heterocycles. The molecule has 2 rings (SSSR count). The van der Waals surface area contributed by atoms with E-state index in [4.69, 9.17) is 4.74 Å². The molecule has 1 saturated carbocycles. The largest absolute Gasteiger partial charge is 0.508 e. The maximum atomic E-state index is 12.1. The number of phenolic OH excluding ortho intramolecular Hbond substituents is 1. The average Bonchev–Trinajstić information content (AvgIpc) is 2.78. The lowest BCUT2D eigenvalue weighted by atomic mass is 10.1. The van der Waals surface area contributed by atoms with Crippen molar-refractivity contribution in [2.24, 2.45) is 0 Å². The molecule has 1 aromatic carbocycles. The lowest BCUT2D eigenvalue weighted by Crippen LogP contribution is -2.42. The van der Waals surface area contributed by atoms with Crippen molar-refractivity contribution in [1.82, 2.24) is 5.32 Å². The molecule has 1 amide bonds. The van der Waals surface area contributed by atoms with E-state index in [-0.39, 0.29) is 24.1 Å². The van der Waals surface area contributed by atoms with Gasteiger partial charge in [0.1, 0.15) is 5.75 Å². The van der Waals surface area contributed by atoms with Crippen LogP contribution in [-0.2, 0) is 20.7 Å². The zero-order valence-corrected chi connectivity index (χ0v) is 13.6. The van der Waals surface area contributed by atoms with E-state index in [1.807, 2.05) is 0 Å². The van der Waals surface area contributed by atoms with Crippen molar-refractivity contribution in [1.29, 1.82) is 0 Å². The predicted molar refractivity (Wildman–Crippen MR) is 87.0 cm³/mol. The van der Waals surface area contributed by atoms with Crippen molar-refractivity contribution in [3.63, 3.8) is 0 Å². The molecule has 0 bridgehead atoms. The number of carbonyl (C=O) groups is 2. The van der Waals surface area contributed by atoms with Gasteiger partial charge in [-0.3, -0.25) is 9.59 Å². The number of ether oxygens (including phenoxy) is 1. The van der Waals surface area contributed by atoms with Crippen LogP contribution in [0.1, 0.15) is 51.0 Å². The third-order valence-electron chi connectivity index (χ3n) is 4.16. The maximum Gasteiger partial charge on any atom is 0.311 e. The van der Waals surface area contributed by atoms with Crippen LogP contribution in [0.3, 0.4) is 0 Å². The van der Waals surface area contributed by atoms with Crippen molar-refractivity contribution in [2.75, 3.05) is 0 Å².